The minimum Gasteiger partial charge on any atom is -0.294 e. The molecular weight excluding hydrogens is 289 g/mol. The second-order valence-corrected chi connectivity index (χ2v) is 5.59. The predicted octanol–water partition coefficient (Wildman–Crippen LogP) is 1.08. The molecule has 1 aromatic carbocycles. The monoisotopic (exact) mass is 303 g/mol. The second kappa shape index (κ2) is 5.01. The molecule has 1 atom stereocenters. The van der Waals surface area contributed by atoms with Crippen molar-refractivity contribution in [3.05, 3.63) is 40.7 Å². The topological polar surface area (TPSA) is 81.1 Å². The van der Waals surface area contributed by atoms with E-state index in [-0.39, 0.29) is 17.7 Å². The van der Waals surface area contributed by atoms with Gasteiger partial charge in [0.1, 0.15) is 11.4 Å². The highest BCUT2D eigenvalue weighted by Gasteiger charge is 2.39. The number of nitrogens with one attached hydrogen (secondary N) is 1. The van der Waals surface area contributed by atoms with Crippen molar-refractivity contribution in [3.63, 3.8) is 0 Å². The first-order valence-corrected chi connectivity index (χ1v) is 6.93. The van der Waals surface area contributed by atoms with Gasteiger partial charge in [0.05, 0.1) is 17.2 Å². The molecule has 0 spiro atoms. The SMILES string of the molecule is CC1(n2cnc3ccc(F)cc3c2=O)CCCC(=O)NC1=O. The lowest BCUT2D eigenvalue weighted by atomic mass is 9.94. The summed E-state index contributed by atoms with van der Waals surface area (Å²) < 4.78 is 14.6. The first kappa shape index (κ1) is 14.4. The smallest absolute Gasteiger partial charge is 0.262 e. The summed E-state index contributed by atoms with van der Waals surface area (Å²) in [5, 5.41) is 2.38. The van der Waals surface area contributed by atoms with E-state index in [1.165, 1.54) is 23.0 Å². The van der Waals surface area contributed by atoms with E-state index >= 15 is 0 Å². The Balaban J connectivity index is 2.20. The Labute approximate surface area is 125 Å². The summed E-state index contributed by atoms with van der Waals surface area (Å²) >= 11 is 0. The number of fused-ring (bicyclic) bond motifs is 1. The van der Waals surface area contributed by atoms with E-state index in [1.54, 1.807) is 6.92 Å². The molecule has 7 heteroatoms. The van der Waals surface area contributed by atoms with E-state index < -0.39 is 22.8 Å². The molecule has 0 aliphatic carbocycles. The van der Waals surface area contributed by atoms with Crippen molar-refractivity contribution in [2.24, 2.45) is 0 Å². The van der Waals surface area contributed by atoms with Crippen LogP contribution < -0.4 is 10.9 Å². The fourth-order valence-electron chi connectivity index (χ4n) is 2.71. The number of carbonyl (C=O) groups excluding carboxylic acids is 2. The molecule has 1 aromatic heterocycles. The van der Waals surface area contributed by atoms with Crippen LogP contribution in [0.1, 0.15) is 26.2 Å². The van der Waals surface area contributed by atoms with Crippen molar-refractivity contribution < 1.29 is 14.0 Å². The van der Waals surface area contributed by atoms with Gasteiger partial charge in [0.25, 0.3) is 11.5 Å². The number of nitrogens with zero attached hydrogens (tertiary/aromatic N) is 2. The molecule has 2 amide bonds. The van der Waals surface area contributed by atoms with Crippen LogP contribution in [0.15, 0.2) is 29.3 Å². The molecule has 1 unspecified atom stereocenters. The van der Waals surface area contributed by atoms with Crippen LogP contribution in [0.4, 0.5) is 4.39 Å². The average molecular weight is 303 g/mol. The zero-order valence-electron chi connectivity index (χ0n) is 11.9. The summed E-state index contributed by atoms with van der Waals surface area (Å²) in [6.07, 6.45) is 2.30. The number of carbonyl (C=O) groups is 2. The van der Waals surface area contributed by atoms with Crippen molar-refractivity contribution in [2.45, 2.75) is 31.7 Å². The van der Waals surface area contributed by atoms with E-state index in [1.807, 2.05) is 0 Å². The molecule has 1 N–H and O–H groups in total. The zero-order chi connectivity index (χ0) is 15.9. The van der Waals surface area contributed by atoms with Gasteiger partial charge in [0.15, 0.2) is 0 Å². The third-order valence-corrected chi connectivity index (χ3v) is 4.06. The van der Waals surface area contributed by atoms with Gasteiger partial charge >= 0.3 is 0 Å². The summed E-state index contributed by atoms with van der Waals surface area (Å²) in [5.41, 5.74) is -1.37. The number of rotatable bonds is 1. The number of hydrogen-bond donors (Lipinski definition) is 1. The van der Waals surface area contributed by atoms with E-state index in [0.717, 1.165) is 6.07 Å². The largest absolute Gasteiger partial charge is 0.294 e. The lowest BCUT2D eigenvalue weighted by Gasteiger charge is -2.28. The van der Waals surface area contributed by atoms with Gasteiger partial charge in [-0.25, -0.2) is 9.37 Å². The Morgan fingerprint density at radius 3 is 2.86 bits per heavy atom. The van der Waals surface area contributed by atoms with Crippen molar-refractivity contribution in [3.8, 4) is 0 Å². The molecule has 3 rings (SSSR count). The van der Waals surface area contributed by atoms with Crippen LogP contribution in [0.3, 0.4) is 0 Å². The van der Waals surface area contributed by atoms with Gasteiger partial charge in [0.2, 0.25) is 5.91 Å². The van der Waals surface area contributed by atoms with E-state index in [0.29, 0.717) is 18.4 Å². The molecule has 0 radical (unpaired) electrons. The lowest BCUT2D eigenvalue weighted by Crippen LogP contribution is -2.50. The molecule has 22 heavy (non-hydrogen) atoms. The molecule has 0 bridgehead atoms. The number of amides is 2. The average Bonchev–Trinajstić information content (AvgIpc) is 2.59. The van der Waals surface area contributed by atoms with Crippen LogP contribution in [0.25, 0.3) is 10.9 Å². The van der Waals surface area contributed by atoms with E-state index in [9.17, 15) is 18.8 Å². The Morgan fingerprint density at radius 1 is 1.32 bits per heavy atom. The van der Waals surface area contributed by atoms with Crippen LogP contribution in [-0.2, 0) is 15.1 Å². The molecule has 2 heterocycles. The minimum absolute atomic E-state index is 0.104. The lowest BCUT2D eigenvalue weighted by molar-refractivity contribution is -0.134. The molecule has 1 saturated heterocycles. The summed E-state index contributed by atoms with van der Waals surface area (Å²) in [4.78, 5) is 40.5. The number of aromatic nitrogens is 2. The summed E-state index contributed by atoms with van der Waals surface area (Å²) in [6.45, 7) is 1.58. The Bertz CT molecular complexity index is 846. The van der Waals surface area contributed by atoms with Gasteiger partial charge in [-0.05, 0) is 38.0 Å². The standard InChI is InChI=1S/C15H14FN3O3/c1-15(6-2-3-12(20)18-14(15)22)19-8-17-11-5-4-9(16)7-10(11)13(19)21/h4-5,7-8H,2-3,6H2,1H3,(H,18,20,22). The molecule has 6 nitrogen and oxygen atoms in total. The van der Waals surface area contributed by atoms with Gasteiger partial charge < -0.3 is 0 Å². The molecule has 0 saturated carbocycles. The van der Waals surface area contributed by atoms with E-state index in [2.05, 4.69) is 10.3 Å². The molecule has 1 aliphatic heterocycles. The highest BCUT2D eigenvalue weighted by atomic mass is 19.1. The van der Waals surface area contributed by atoms with Crippen molar-refractivity contribution in [1.29, 1.82) is 0 Å². The van der Waals surface area contributed by atoms with E-state index in [4.69, 9.17) is 0 Å². The van der Waals surface area contributed by atoms with Crippen LogP contribution in [0.2, 0.25) is 0 Å². The fourth-order valence-corrected chi connectivity index (χ4v) is 2.71. The third-order valence-electron chi connectivity index (χ3n) is 4.06. The van der Waals surface area contributed by atoms with Crippen molar-refractivity contribution in [2.75, 3.05) is 0 Å². The molecule has 114 valence electrons. The highest BCUT2D eigenvalue weighted by Crippen LogP contribution is 2.25. The number of imide groups is 1. The third kappa shape index (κ3) is 2.18. The minimum atomic E-state index is -1.23. The Morgan fingerprint density at radius 2 is 2.09 bits per heavy atom. The quantitative estimate of drug-likeness (QED) is 0.799. The van der Waals surface area contributed by atoms with Gasteiger partial charge in [-0.2, -0.15) is 0 Å². The van der Waals surface area contributed by atoms with Crippen LogP contribution in [0, 0.1) is 5.82 Å². The van der Waals surface area contributed by atoms with Gasteiger partial charge in [-0.3, -0.25) is 24.3 Å². The predicted molar refractivity (Wildman–Crippen MR) is 76.6 cm³/mol. The maximum absolute atomic E-state index is 13.4. The van der Waals surface area contributed by atoms with Gasteiger partial charge in [0, 0.05) is 6.42 Å². The fraction of sp³-hybridized carbons (Fsp3) is 0.333. The van der Waals surface area contributed by atoms with Crippen molar-refractivity contribution >= 4 is 22.7 Å². The van der Waals surface area contributed by atoms with Crippen LogP contribution in [0.5, 0.6) is 0 Å². The van der Waals surface area contributed by atoms with Crippen LogP contribution >= 0.6 is 0 Å². The Hall–Kier alpha value is -2.57. The normalized spacial score (nSPS) is 22.5. The summed E-state index contributed by atoms with van der Waals surface area (Å²) in [6, 6.07) is 3.73. The highest BCUT2D eigenvalue weighted by molar-refractivity contribution is 5.99. The maximum atomic E-state index is 13.4. The summed E-state index contributed by atoms with van der Waals surface area (Å²) in [7, 11) is 0. The molecule has 2 aromatic rings. The number of halogens is 1. The van der Waals surface area contributed by atoms with Crippen molar-refractivity contribution in [1.82, 2.24) is 14.9 Å². The number of hydrogen-bond acceptors (Lipinski definition) is 4. The Kier molecular flexibility index (Phi) is 3.27. The second-order valence-electron chi connectivity index (χ2n) is 5.59. The molecule has 1 fully saturated rings. The summed E-state index contributed by atoms with van der Waals surface area (Å²) in [5.74, 6) is -1.45. The zero-order valence-corrected chi connectivity index (χ0v) is 11.9. The van der Waals surface area contributed by atoms with Crippen LogP contribution in [-0.4, -0.2) is 21.4 Å². The maximum Gasteiger partial charge on any atom is 0.262 e. The number of benzene rings is 1. The molecular formula is C15H14FN3O3. The first-order valence-electron chi connectivity index (χ1n) is 6.93. The van der Waals surface area contributed by atoms with Gasteiger partial charge in [-0.1, -0.05) is 0 Å². The molecule has 1 aliphatic rings. The first-order chi connectivity index (χ1) is 10.4. The van der Waals surface area contributed by atoms with Gasteiger partial charge in [-0.15, -0.1) is 0 Å².